The molecule has 0 atom stereocenters. The Morgan fingerprint density at radius 1 is 1.17 bits per heavy atom. The van der Waals surface area contributed by atoms with Crippen molar-refractivity contribution in [3.05, 3.63) is 77.2 Å². The number of ether oxygens (including phenoxy) is 1. The number of thioether (sulfide) groups is 1. The number of benzene rings is 2. The van der Waals surface area contributed by atoms with Crippen molar-refractivity contribution >= 4 is 51.9 Å². The largest absolute Gasteiger partial charge is 0.494 e. The molecule has 0 radical (unpaired) electrons. The van der Waals surface area contributed by atoms with Crippen LogP contribution in [0.1, 0.15) is 18.9 Å². The Labute approximate surface area is 185 Å². The molecule has 2 amide bonds. The van der Waals surface area contributed by atoms with E-state index >= 15 is 0 Å². The molecule has 2 aromatic rings. The molecule has 1 heterocycles. The lowest BCUT2D eigenvalue weighted by molar-refractivity contribution is -0.122. The van der Waals surface area contributed by atoms with Gasteiger partial charge in [0.2, 0.25) is 5.91 Å². The van der Waals surface area contributed by atoms with Crippen LogP contribution < -0.4 is 10.1 Å². The molecule has 154 valence electrons. The van der Waals surface area contributed by atoms with Crippen LogP contribution in [-0.2, 0) is 9.59 Å². The third-order valence-corrected chi connectivity index (χ3v) is 5.62. The predicted molar refractivity (Wildman–Crippen MR) is 126 cm³/mol. The lowest BCUT2D eigenvalue weighted by Crippen LogP contribution is -2.31. The number of nitrogens with zero attached hydrogens (tertiary/aromatic N) is 1. The smallest absolute Gasteiger partial charge is 0.266 e. The minimum absolute atomic E-state index is 0.160. The van der Waals surface area contributed by atoms with E-state index in [2.05, 4.69) is 5.32 Å². The number of carbonyl (C=O) groups is 2. The van der Waals surface area contributed by atoms with Gasteiger partial charge in [-0.3, -0.25) is 14.5 Å². The Kier molecular flexibility index (Phi) is 7.82. The van der Waals surface area contributed by atoms with Gasteiger partial charge in [-0.15, -0.1) is 0 Å². The van der Waals surface area contributed by atoms with E-state index in [1.807, 2.05) is 49.4 Å². The first-order valence-electron chi connectivity index (χ1n) is 9.56. The van der Waals surface area contributed by atoms with Gasteiger partial charge in [-0.25, -0.2) is 0 Å². The van der Waals surface area contributed by atoms with Gasteiger partial charge in [0.05, 0.1) is 11.5 Å². The van der Waals surface area contributed by atoms with Gasteiger partial charge in [0, 0.05) is 18.7 Å². The Morgan fingerprint density at radius 2 is 1.90 bits per heavy atom. The number of hydrogen-bond acceptors (Lipinski definition) is 5. The molecule has 1 N–H and O–H groups in total. The van der Waals surface area contributed by atoms with Crippen LogP contribution in [0, 0.1) is 0 Å². The molecule has 0 aromatic heterocycles. The summed E-state index contributed by atoms with van der Waals surface area (Å²) in [5.74, 6) is 0.402. The maximum atomic E-state index is 12.6. The summed E-state index contributed by atoms with van der Waals surface area (Å²) in [5, 5.41) is 2.82. The summed E-state index contributed by atoms with van der Waals surface area (Å²) in [6.07, 6.45) is 5.68. The molecule has 1 fully saturated rings. The zero-order chi connectivity index (χ0) is 21.3. The summed E-state index contributed by atoms with van der Waals surface area (Å²) in [5.41, 5.74) is 1.73. The summed E-state index contributed by atoms with van der Waals surface area (Å²) in [4.78, 5) is 26.9. The Morgan fingerprint density at radius 3 is 2.60 bits per heavy atom. The fourth-order valence-corrected chi connectivity index (χ4v) is 4.02. The van der Waals surface area contributed by atoms with Crippen LogP contribution >= 0.6 is 24.0 Å². The van der Waals surface area contributed by atoms with E-state index in [0.717, 1.165) is 11.3 Å². The van der Waals surface area contributed by atoms with Crippen molar-refractivity contribution < 1.29 is 14.3 Å². The second-order valence-electron chi connectivity index (χ2n) is 6.38. The molecule has 3 rings (SSSR count). The van der Waals surface area contributed by atoms with E-state index in [-0.39, 0.29) is 24.8 Å². The van der Waals surface area contributed by atoms with Crippen LogP contribution in [0.5, 0.6) is 5.75 Å². The molecule has 0 spiro atoms. The van der Waals surface area contributed by atoms with Gasteiger partial charge in [-0.2, -0.15) is 0 Å². The predicted octanol–water partition coefficient (Wildman–Crippen LogP) is 4.87. The maximum absolute atomic E-state index is 12.6. The van der Waals surface area contributed by atoms with Gasteiger partial charge in [0.15, 0.2) is 0 Å². The summed E-state index contributed by atoms with van der Waals surface area (Å²) in [6, 6.07) is 17.0. The molecule has 1 aliphatic heterocycles. The first kappa shape index (κ1) is 21.8. The second-order valence-corrected chi connectivity index (χ2v) is 8.06. The third kappa shape index (κ3) is 6.05. The molecule has 30 heavy (non-hydrogen) atoms. The van der Waals surface area contributed by atoms with E-state index in [4.69, 9.17) is 17.0 Å². The highest BCUT2D eigenvalue weighted by molar-refractivity contribution is 8.26. The zero-order valence-electron chi connectivity index (χ0n) is 16.5. The van der Waals surface area contributed by atoms with Crippen LogP contribution in [0.15, 0.2) is 71.7 Å². The van der Waals surface area contributed by atoms with Gasteiger partial charge in [-0.05, 0) is 42.8 Å². The average molecular weight is 439 g/mol. The highest BCUT2D eigenvalue weighted by Crippen LogP contribution is 2.31. The molecule has 0 unspecified atom stereocenters. The van der Waals surface area contributed by atoms with Crippen LogP contribution in [-0.4, -0.2) is 34.2 Å². The van der Waals surface area contributed by atoms with Crippen LogP contribution in [0.25, 0.3) is 6.08 Å². The number of hydrogen-bond donors (Lipinski definition) is 1. The summed E-state index contributed by atoms with van der Waals surface area (Å²) >= 11 is 6.57. The average Bonchev–Trinajstić information content (AvgIpc) is 3.02. The summed E-state index contributed by atoms with van der Waals surface area (Å²) in [6.45, 7) is 2.75. The minimum Gasteiger partial charge on any atom is -0.494 e. The number of rotatable bonds is 8. The summed E-state index contributed by atoms with van der Waals surface area (Å²) in [7, 11) is 0. The first-order chi connectivity index (χ1) is 14.6. The van der Waals surface area contributed by atoms with E-state index in [1.54, 1.807) is 30.3 Å². The van der Waals surface area contributed by atoms with Crippen molar-refractivity contribution in [2.75, 3.05) is 18.5 Å². The van der Waals surface area contributed by atoms with Gasteiger partial charge in [0.1, 0.15) is 10.1 Å². The monoisotopic (exact) mass is 438 g/mol. The molecule has 2 aromatic carbocycles. The lowest BCUT2D eigenvalue weighted by Gasteiger charge is -2.14. The fourth-order valence-electron chi connectivity index (χ4n) is 2.76. The highest BCUT2D eigenvalue weighted by atomic mass is 32.2. The van der Waals surface area contributed by atoms with Gasteiger partial charge in [0.25, 0.3) is 5.91 Å². The maximum Gasteiger partial charge on any atom is 0.266 e. The quantitative estimate of drug-likeness (QED) is 0.471. The number of allylic oxidation sites excluding steroid dienone is 2. The number of thiocarbonyl (C=S) groups is 1. The van der Waals surface area contributed by atoms with Crippen molar-refractivity contribution in [2.45, 2.75) is 13.3 Å². The molecule has 0 saturated carbocycles. The molecule has 0 aliphatic carbocycles. The number of nitrogens with one attached hydrogen (secondary N) is 1. The van der Waals surface area contributed by atoms with E-state index < -0.39 is 0 Å². The molecule has 1 aliphatic rings. The lowest BCUT2D eigenvalue weighted by atomic mass is 10.2. The highest BCUT2D eigenvalue weighted by Gasteiger charge is 2.31. The van der Waals surface area contributed by atoms with Gasteiger partial charge in [-0.1, -0.05) is 66.5 Å². The molecule has 5 nitrogen and oxygen atoms in total. The Bertz CT molecular complexity index is 970. The van der Waals surface area contributed by atoms with Gasteiger partial charge >= 0.3 is 0 Å². The van der Waals surface area contributed by atoms with Crippen molar-refractivity contribution in [2.24, 2.45) is 0 Å². The van der Waals surface area contributed by atoms with Crippen molar-refractivity contribution in [3.63, 3.8) is 0 Å². The molecule has 7 heteroatoms. The Hall–Kier alpha value is -2.90. The van der Waals surface area contributed by atoms with Crippen LogP contribution in [0.4, 0.5) is 5.69 Å². The van der Waals surface area contributed by atoms with Gasteiger partial charge < -0.3 is 10.1 Å². The SMILES string of the molecule is CCOc1ccc(NC(=O)CCN2C(=O)/C(=C/C=C/c3ccccc3)SC2=S)cc1. The molecule has 0 bridgehead atoms. The van der Waals surface area contributed by atoms with Crippen LogP contribution in [0.3, 0.4) is 0 Å². The first-order valence-corrected chi connectivity index (χ1v) is 10.8. The minimum atomic E-state index is -0.179. The number of amides is 2. The normalized spacial score (nSPS) is 15.2. The molecular formula is C23H22N2O3S2. The van der Waals surface area contributed by atoms with E-state index in [9.17, 15) is 9.59 Å². The number of carbonyl (C=O) groups excluding carboxylic acids is 2. The van der Waals surface area contributed by atoms with Crippen molar-refractivity contribution in [3.8, 4) is 5.75 Å². The second kappa shape index (κ2) is 10.8. The Balaban J connectivity index is 1.52. The standard InChI is InChI=1S/C23H22N2O3S2/c1-2-28-19-13-11-18(12-14-19)24-21(26)15-16-25-22(27)20(30-23(25)29)10-6-9-17-7-4-3-5-8-17/h3-14H,2,15-16H2,1H3,(H,24,26)/b9-6+,20-10-. The molecular weight excluding hydrogens is 416 g/mol. The van der Waals surface area contributed by atoms with Crippen molar-refractivity contribution in [1.29, 1.82) is 0 Å². The van der Waals surface area contributed by atoms with Crippen LogP contribution in [0.2, 0.25) is 0 Å². The van der Waals surface area contributed by atoms with E-state index in [0.29, 0.717) is 21.5 Å². The number of anilines is 1. The fraction of sp³-hybridized carbons (Fsp3) is 0.174. The summed E-state index contributed by atoms with van der Waals surface area (Å²) < 4.78 is 5.85. The van der Waals surface area contributed by atoms with Crippen molar-refractivity contribution in [1.82, 2.24) is 4.90 Å². The topological polar surface area (TPSA) is 58.6 Å². The molecule has 1 saturated heterocycles. The van der Waals surface area contributed by atoms with E-state index in [1.165, 1.54) is 16.7 Å². The zero-order valence-corrected chi connectivity index (χ0v) is 18.2. The third-order valence-electron chi connectivity index (χ3n) is 4.22.